The number of hydrogen-bond donors (Lipinski definition) is 4. The average Bonchev–Trinajstić information content (AvgIpc) is 3.14. The summed E-state index contributed by atoms with van der Waals surface area (Å²) in [6.45, 7) is -0.275. The molecule has 1 saturated heterocycles. The Bertz CT molecular complexity index is 908. The van der Waals surface area contributed by atoms with Crippen LogP contribution in [0.5, 0.6) is 0 Å². The SMILES string of the molecule is NS(=O)(=O)c1c(C(F)(F)F)ccc(N2CC(O)C(O)C2)c1-c1nn[nH]n1. The number of halogens is 3. The molecule has 0 aliphatic carbocycles. The van der Waals surface area contributed by atoms with E-state index >= 15 is 0 Å². The van der Waals surface area contributed by atoms with Gasteiger partial charge in [-0.1, -0.05) is 0 Å². The number of aromatic nitrogens is 4. The van der Waals surface area contributed by atoms with E-state index in [4.69, 9.17) is 5.14 Å². The lowest BCUT2D eigenvalue weighted by atomic mass is 10.1. The zero-order valence-corrected chi connectivity index (χ0v) is 13.7. The molecule has 142 valence electrons. The van der Waals surface area contributed by atoms with Crippen LogP contribution >= 0.6 is 0 Å². The molecule has 2 aromatic rings. The van der Waals surface area contributed by atoms with Gasteiger partial charge in [0.1, 0.15) is 4.90 Å². The fourth-order valence-electron chi connectivity index (χ4n) is 2.80. The fraction of sp³-hybridized carbons (Fsp3) is 0.417. The molecule has 1 aromatic heterocycles. The quantitative estimate of drug-likeness (QED) is 0.520. The van der Waals surface area contributed by atoms with E-state index in [2.05, 4.69) is 20.6 Å². The van der Waals surface area contributed by atoms with E-state index < -0.39 is 50.3 Å². The maximum Gasteiger partial charge on any atom is 0.417 e. The van der Waals surface area contributed by atoms with Crippen LogP contribution in [0.2, 0.25) is 0 Å². The zero-order valence-electron chi connectivity index (χ0n) is 12.8. The van der Waals surface area contributed by atoms with Crippen molar-refractivity contribution in [1.29, 1.82) is 0 Å². The maximum absolute atomic E-state index is 13.4. The van der Waals surface area contributed by atoms with E-state index in [-0.39, 0.29) is 18.8 Å². The van der Waals surface area contributed by atoms with Gasteiger partial charge in [-0.2, -0.15) is 18.4 Å². The highest BCUT2D eigenvalue weighted by Gasteiger charge is 2.41. The highest BCUT2D eigenvalue weighted by atomic mass is 32.2. The minimum Gasteiger partial charge on any atom is -0.389 e. The monoisotopic (exact) mass is 394 g/mol. The number of hydrogen-bond acceptors (Lipinski definition) is 8. The summed E-state index contributed by atoms with van der Waals surface area (Å²) in [5.41, 5.74) is -2.04. The molecule has 3 rings (SSSR count). The van der Waals surface area contributed by atoms with Gasteiger partial charge in [0.2, 0.25) is 15.8 Å². The van der Waals surface area contributed by atoms with Gasteiger partial charge >= 0.3 is 6.18 Å². The van der Waals surface area contributed by atoms with Crippen molar-refractivity contribution < 1.29 is 31.8 Å². The highest BCUT2D eigenvalue weighted by molar-refractivity contribution is 7.89. The van der Waals surface area contributed by atoms with Gasteiger partial charge in [-0.3, -0.25) is 0 Å². The minimum absolute atomic E-state index is 0.0426. The number of aromatic amines is 1. The van der Waals surface area contributed by atoms with Crippen LogP contribution in [-0.2, 0) is 16.2 Å². The minimum atomic E-state index is -5.01. The molecule has 0 bridgehead atoms. The summed E-state index contributed by atoms with van der Waals surface area (Å²) in [6.07, 6.45) is -7.33. The number of nitrogens with zero attached hydrogens (tertiary/aromatic N) is 4. The predicted octanol–water partition coefficient (Wildman–Crippen LogP) is -0.925. The lowest BCUT2D eigenvalue weighted by Gasteiger charge is -2.24. The van der Waals surface area contributed by atoms with Gasteiger partial charge < -0.3 is 15.1 Å². The molecule has 0 saturated carbocycles. The number of β-amino-alcohol motifs (C(OH)–C–C–N with tert-alkyl or cyclic N) is 2. The molecule has 2 atom stereocenters. The topological polar surface area (TPSA) is 158 Å². The number of aliphatic hydroxyl groups is 2. The Balaban J connectivity index is 2.34. The van der Waals surface area contributed by atoms with E-state index in [1.807, 2.05) is 0 Å². The maximum atomic E-state index is 13.4. The number of nitrogens with one attached hydrogen (secondary N) is 1. The molecular formula is C12H13F3N6O4S. The summed E-state index contributed by atoms with van der Waals surface area (Å²) in [5, 5.41) is 36.9. The second kappa shape index (κ2) is 6.15. The number of alkyl halides is 3. The van der Waals surface area contributed by atoms with Crippen LogP contribution in [-0.4, -0.2) is 64.6 Å². The largest absolute Gasteiger partial charge is 0.417 e. The summed E-state index contributed by atoms with van der Waals surface area (Å²) >= 11 is 0. The third-order valence-corrected chi connectivity index (χ3v) is 4.89. The molecule has 0 spiro atoms. The van der Waals surface area contributed by atoms with Gasteiger partial charge in [0.05, 0.1) is 23.3 Å². The van der Waals surface area contributed by atoms with Crippen molar-refractivity contribution in [3.63, 3.8) is 0 Å². The molecule has 26 heavy (non-hydrogen) atoms. The third kappa shape index (κ3) is 3.23. The van der Waals surface area contributed by atoms with Gasteiger partial charge in [0, 0.05) is 18.8 Å². The van der Waals surface area contributed by atoms with Crippen molar-refractivity contribution in [3.8, 4) is 11.4 Å². The van der Waals surface area contributed by atoms with Crippen LogP contribution in [0.15, 0.2) is 17.0 Å². The highest BCUT2D eigenvalue weighted by Crippen LogP contribution is 2.43. The zero-order chi connectivity index (χ0) is 19.3. The first-order valence-corrected chi connectivity index (χ1v) is 8.66. The molecule has 2 unspecified atom stereocenters. The smallest absolute Gasteiger partial charge is 0.389 e. The number of sulfonamides is 1. The van der Waals surface area contributed by atoms with Gasteiger partial charge in [0.25, 0.3) is 0 Å². The number of nitrogens with two attached hydrogens (primary N) is 1. The lowest BCUT2D eigenvalue weighted by molar-refractivity contribution is -0.139. The molecule has 1 fully saturated rings. The van der Waals surface area contributed by atoms with Crippen molar-refractivity contribution >= 4 is 15.7 Å². The van der Waals surface area contributed by atoms with Crippen LogP contribution in [0.4, 0.5) is 18.9 Å². The van der Waals surface area contributed by atoms with Gasteiger partial charge in [-0.25, -0.2) is 13.6 Å². The van der Waals surface area contributed by atoms with Crippen LogP contribution in [0, 0.1) is 0 Å². The van der Waals surface area contributed by atoms with Crippen LogP contribution in [0.1, 0.15) is 5.56 Å². The molecule has 10 nitrogen and oxygen atoms in total. The number of H-pyrrole nitrogens is 1. The first kappa shape index (κ1) is 18.5. The van der Waals surface area contributed by atoms with Crippen molar-refractivity contribution in [1.82, 2.24) is 20.6 Å². The van der Waals surface area contributed by atoms with E-state index in [1.54, 1.807) is 0 Å². The normalized spacial score (nSPS) is 21.4. The molecule has 5 N–H and O–H groups in total. The second-order valence-corrected chi connectivity index (χ2v) is 7.15. The van der Waals surface area contributed by atoms with E-state index in [0.29, 0.717) is 6.07 Å². The molecule has 1 aromatic carbocycles. The number of primary sulfonamides is 1. The summed E-state index contributed by atoms with van der Waals surface area (Å²) in [4.78, 5) is 0.107. The predicted molar refractivity (Wildman–Crippen MR) is 80.2 cm³/mol. The van der Waals surface area contributed by atoms with E-state index in [0.717, 1.165) is 6.07 Å². The summed E-state index contributed by atoms with van der Waals surface area (Å²) in [5.74, 6) is -0.425. The van der Waals surface area contributed by atoms with E-state index in [1.165, 1.54) is 4.90 Å². The molecule has 1 aliphatic rings. The summed E-state index contributed by atoms with van der Waals surface area (Å²) in [7, 11) is -4.85. The number of benzene rings is 1. The standard InChI is InChI=1S/C12H13F3N6O4S/c13-12(14,15)5-1-2-6(21-3-7(22)8(23)4-21)9(10(5)26(16,24)25)11-17-19-20-18-11/h1-2,7-8,22-23H,3-4H2,(H2,16,24,25)(H,17,18,19,20). The van der Waals surface area contributed by atoms with Crippen LogP contribution in [0.25, 0.3) is 11.4 Å². The molecular weight excluding hydrogens is 381 g/mol. The molecule has 1 aliphatic heterocycles. The van der Waals surface area contributed by atoms with Crippen molar-refractivity contribution in [3.05, 3.63) is 17.7 Å². The van der Waals surface area contributed by atoms with Crippen molar-refractivity contribution in [2.45, 2.75) is 23.3 Å². The Morgan fingerprint density at radius 1 is 1.23 bits per heavy atom. The van der Waals surface area contributed by atoms with Gasteiger partial charge in [0.15, 0.2) is 0 Å². The van der Waals surface area contributed by atoms with Gasteiger partial charge in [-0.15, -0.1) is 10.2 Å². The summed E-state index contributed by atoms with van der Waals surface area (Å²) < 4.78 is 64.0. The second-order valence-electron chi connectivity index (χ2n) is 5.65. The van der Waals surface area contributed by atoms with E-state index in [9.17, 15) is 31.8 Å². The van der Waals surface area contributed by atoms with Crippen LogP contribution < -0.4 is 10.0 Å². The number of rotatable bonds is 3. The van der Waals surface area contributed by atoms with Crippen molar-refractivity contribution in [2.75, 3.05) is 18.0 Å². The Labute approximate surface area is 144 Å². The van der Waals surface area contributed by atoms with Gasteiger partial charge in [-0.05, 0) is 17.3 Å². The first-order valence-electron chi connectivity index (χ1n) is 7.12. The Hall–Kier alpha value is -2.29. The number of aliphatic hydroxyl groups excluding tert-OH is 2. The Morgan fingerprint density at radius 3 is 2.31 bits per heavy atom. The van der Waals surface area contributed by atoms with Crippen LogP contribution in [0.3, 0.4) is 0 Å². The molecule has 0 radical (unpaired) electrons. The average molecular weight is 394 g/mol. The number of tetrazole rings is 1. The Morgan fingerprint density at radius 2 is 1.85 bits per heavy atom. The fourth-order valence-corrected chi connectivity index (χ4v) is 3.78. The first-order chi connectivity index (χ1) is 12.0. The molecule has 14 heteroatoms. The Kier molecular flexibility index (Phi) is 4.38. The number of anilines is 1. The molecule has 2 heterocycles. The van der Waals surface area contributed by atoms with Crippen molar-refractivity contribution in [2.24, 2.45) is 5.14 Å². The summed E-state index contributed by atoms with van der Waals surface area (Å²) in [6, 6.07) is 1.57. The lowest BCUT2D eigenvalue weighted by Crippen LogP contribution is -2.26. The molecule has 0 amide bonds. The third-order valence-electron chi connectivity index (χ3n) is 3.89.